The molecule has 1 aromatic heterocycles. The van der Waals surface area contributed by atoms with Crippen molar-refractivity contribution >= 4 is 15.9 Å². The number of oxime groups is 1. The summed E-state index contributed by atoms with van der Waals surface area (Å²) in [5.41, 5.74) is 5.50. The van der Waals surface area contributed by atoms with E-state index < -0.39 is 16.1 Å². The molecule has 1 saturated carbocycles. The van der Waals surface area contributed by atoms with E-state index in [0.29, 0.717) is 0 Å². The first-order valence-corrected chi connectivity index (χ1v) is 6.90. The number of aromatic nitrogens is 2. The molecule has 18 heavy (non-hydrogen) atoms. The normalized spacial score (nSPS) is 18.8. The number of nitrogens with zero attached hydrogens (tertiary/aromatic N) is 3. The van der Waals surface area contributed by atoms with Crippen LogP contribution in [-0.2, 0) is 17.1 Å². The highest BCUT2D eigenvalue weighted by atomic mass is 32.2. The van der Waals surface area contributed by atoms with Gasteiger partial charge in [-0.2, -0.15) is 4.72 Å². The van der Waals surface area contributed by atoms with Gasteiger partial charge in [-0.05, 0) is 18.8 Å². The van der Waals surface area contributed by atoms with E-state index >= 15 is 0 Å². The monoisotopic (exact) mass is 273 g/mol. The summed E-state index contributed by atoms with van der Waals surface area (Å²) in [5.74, 6) is -0.0450. The van der Waals surface area contributed by atoms with Gasteiger partial charge < -0.3 is 15.5 Å². The Morgan fingerprint density at radius 2 is 2.39 bits per heavy atom. The summed E-state index contributed by atoms with van der Waals surface area (Å²) < 4.78 is 28.0. The largest absolute Gasteiger partial charge is 0.409 e. The summed E-state index contributed by atoms with van der Waals surface area (Å²) in [6, 6.07) is -0.679. The Bertz CT molecular complexity index is 561. The lowest BCUT2D eigenvalue weighted by Crippen LogP contribution is -2.46. The third-order valence-corrected chi connectivity index (χ3v) is 4.09. The number of amidine groups is 1. The quantitative estimate of drug-likeness (QED) is 0.281. The van der Waals surface area contributed by atoms with E-state index in [2.05, 4.69) is 14.9 Å². The molecular formula is C9H15N5O3S. The summed E-state index contributed by atoms with van der Waals surface area (Å²) in [5, 5.41) is 11.5. The molecule has 0 spiro atoms. The average molecular weight is 273 g/mol. The van der Waals surface area contributed by atoms with Crippen LogP contribution in [0, 0.1) is 5.92 Å². The first-order chi connectivity index (χ1) is 8.44. The average Bonchev–Trinajstić information content (AvgIpc) is 3.07. The third-order valence-electron chi connectivity index (χ3n) is 2.77. The molecule has 1 aliphatic rings. The van der Waals surface area contributed by atoms with E-state index in [-0.39, 0.29) is 16.8 Å². The SMILES string of the molecule is Cn1cnc(S(=O)(=O)NC(C(N)=NO)C2CC2)c1. The maximum atomic E-state index is 12.0. The standard InChI is InChI=1S/C9H15N5O3S/c1-14-4-7(11-5-14)18(16,17)13-8(6-2-3-6)9(10)12-15/h4-6,8,13,15H,2-3H2,1H3,(H2,10,12). The zero-order valence-corrected chi connectivity index (χ0v) is 10.6. The predicted octanol–water partition coefficient (Wildman–Crippen LogP) is -0.777. The molecule has 0 bridgehead atoms. The second-order valence-corrected chi connectivity index (χ2v) is 6.00. The second-order valence-electron chi connectivity index (χ2n) is 4.34. The molecule has 1 aromatic rings. The van der Waals surface area contributed by atoms with E-state index in [9.17, 15) is 8.42 Å². The number of aryl methyl sites for hydroxylation is 1. The summed E-state index contributed by atoms with van der Waals surface area (Å²) in [7, 11) is -2.08. The molecule has 0 amide bonds. The van der Waals surface area contributed by atoms with Gasteiger partial charge in [0.05, 0.1) is 12.4 Å². The van der Waals surface area contributed by atoms with Crippen LogP contribution in [0.25, 0.3) is 0 Å². The van der Waals surface area contributed by atoms with Crippen molar-refractivity contribution in [1.29, 1.82) is 0 Å². The van der Waals surface area contributed by atoms with Crippen LogP contribution < -0.4 is 10.5 Å². The molecule has 100 valence electrons. The minimum atomic E-state index is -3.75. The van der Waals surface area contributed by atoms with Crippen LogP contribution in [0.5, 0.6) is 0 Å². The van der Waals surface area contributed by atoms with Gasteiger partial charge in [0.1, 0.15) is 0 Å². The van der Waals surface area contributed by atoms with Crippen molar-refractivity contribution in [2.24, 2.45) is 23.9 Å². The predicted molar refractivity (Wildman–Crippen MR) is 63.5 cm³/mol. The zero-order valence-electron chi connectivity index (χ0n) is 9.81. The number of sulfonamides is 1. The fraction of sp³-hybridized carbons (Fsp3) is 0.556. The fourth-order valence-corrected chi connectivity index (χ4v) is 2.90. The van der Waals surface area contributed by atoms with Crippen molar-refractivity contribution in [1.82, 2.24) is 14.3 Å². The third kappa shape index (κ3) is 2.62. The molecule has 2 rings (SSSR count). The van der Waals surface area contributed by atoms with Crippen LogP contribution >= 0.6 is 0 Å². The smallest absolute Gasteiger partial charge is 0.260 e. The molecule has 9 heteroatoms. The number of hydrogen-bond acceptors (Lipinski definition) is 5. The highest BCUT2D eigenvalue weighted by Crippen LogP contribution is 2.33. The number of nitrogens with one attached hydrogen (secondary N) is 1. The Kier molecular flexibility index (Phi) is 3.26. The molecule has 0 radical (unpaired) electrons. The number of rotatable bonds is 5. The molecule has 0 aromatic carbocycles. The highest BCUT2D eigenvalue weighted by molar-refractivity contribution is 7.89. The molecule has 4 N–H and O–H groups in total. The van der Waals surface area contributed by atoms with Crippen LogP contribution in [0.2, 0.25) is 0 Å². The van der Waals surface area contributed by atoms with E-state index in [0.717, 1.165) is 12.8 Å². The summed E-state index contributed by atoms with van der Waals surface area (Å²) in [4.78, 5) is 3.77. The molecule has 1 aliphatic carbocycles. The molecular weight excluding hydrogens is 258 g/mol. The lowest BCUT2D eigenvalue weighted by molar-refractivity contribution is 0.314. The van der Waals surface area contributed by atoms with Crippen molar-refractivity contribution in [2.75, 3.05) is 0 Å². The van der Waals surface area contributed by atoms with Crippen molar-refractivity contribution in [3.8, 4) is 0 Å². The van der Waals surface area contributed by atoms with Gasteiger partial charge in [-0.1, -0.05) is 5.16 Å². The molecule has 0 aliphatic heterocycles. The lowest BCUT2D eigenvalue weighted by atomic mass is 10.2. The fourth-order valence-electron chi connectivity index (χ4n) is 1.64. The maximum absolute atomic E-state index is 12.0. The van der Waals surface area contributed by atoms with E-state index in [1.54, 1.807) is 7.05 Å². The number of imidazole rings is 1. The summed E-state index contributed by atoms with van der Waals surface area (Å²) in [6.45, 7) is 0. The first-order valence-electron chi connectivity index (χ1n) is 5.42. The van der Waals surface area contributed by atoms with E-state index in [1.165, 1.54) is 17.1 Å². The Labute approximate surface area is 105 Å². The van der Waals surface area contributed by atoms with Crippen LogP contribution in [0.4, 0.5) is 0 Å². The van der Waals surface area contributed by atoms with Gasteiger partial charge in [-0.25, -0.2) is 13.4 Å². The van der Waals surface area contributed by atoms with Gasteiger partial charge in [0.15, 0.2) is 10.9 Å². The van der Waals surface area contributed by atoms with Crippen molar-refractivity contribution in [3.05, 3.63) is 12.5 Å². The Balaban J connectivity index is 2.20. The Hall–Kier alpha value is -1.61. The highest BCUT2D eigenvalue weighted by Gasteiger charge is 2.37. The maximum Gasteiger partial charge on any atom is 0.260 e. The summed E-state index contributed by atoms with van der Waals surface area (Å²) in [6.07, 6.45) is 4.49. The minimum Gasteiger partial charge on any atom is -0.409 e. The van der Waals surface area contributed by atoms with E-state index in [4.69, 9.17) is 10.9 Å². The van der Waals surface area contributed by atoms with Gasteiger partial charge in [0.2, 0.25) is 0 Å². The minimum absolute atomic E-state index is 0.0820. The van der Waals surface area contributed by atoms with Gasteiger partial charge >= 0.3 is 0 Å². The van der Waals surface area contributed by atoms with Crippen LogP contribution in [0.3, 0.4) is 0 Å². The second kappa shape index (κ2) is 4.58. The van der Waals surface area contributed by atoms with Crippen molar-refractivity contribution in [3.63, 3.8) is 0 Å². The molecule has 1 atom stereocenters. The Morgan fingerprint density at radius 1 is 1.72 bits per heavy atom. The number of nitrogens with two attached hydrogens (primary N) is 1. The van der Waals surface area contributed by atoms with Crippen LogP contribution in [-0.4, -0.2) is 35.1 Å². The first kappa shape index (κ1) is 12.8. The van der Waals surface area contributed by atoms with Gasteiger partial charge in [-0.15, -0.1) is 0 Å². The van der Waals surface area contributed by atoms with E-state index in [1.807, 2.05) is 0 Å². The molecule has 0 saturated heterocycles. The molecule has 8 nitrogen and oxygen atoms in total. The van der Waals surface area contributed by atoms with Crippen molar-refractivity contribution in [2.45, 2.75) is 23.9 Å². The summed E-state index contributed by atoms with van der Waals surface area (Å²) >= 11 is 0. The van der Waals surface area contributed by atoms with Crippen molar-refractivity contribution < 1.29 is 13.6 Å². The van der Waals surface area contributed by atoms with Gasteiger partial charge in [0, 0.05) is 13.2 Å². The van der Waals surface area contributed by atoms with Crippen LogP contribution in [0.1, 0.15) is 12.8 Å². The molecule has 1 fully saturated rings. The lowest BCUT2D eigenvalue weighted by Gasteiger charge is -2.15. The topological polar surface area (TPSA) is 123 Å². The molecule has 1 unspecified atom stereocenters. The van der Waals surface area contributed by atoms with Crippen LogP contribution in [0.15, 0.2) is 22.7 Å². The zero-order chi connectivity index (χ0) is 13.3. The molecule has 1 heterocycles. The van der Waals surface area contributed by atoms with Gasteiger partial charge in [0.25, 0.3) is 10.0 Å². The number of hydrogen-bond donors (Lipinski definition) is 3. The Morgan fingerprint density at radius 3 is 2.83 bits per heavy atom. The van der Waals surface area contributed by atoms with Gasteiger partial charge in [-0.3, -0.25) is 0 Å².